The van der Waals surface area contributed by atoms with Gasteiger partial charge in [0.1, 0.15) is 0 Å². The molecule has 4 bridgehead atoms. The van der Waals surface area contributed by atoms with Crippen LogP contribution in [0.5, 0.6) is 11.5 Å². The Kier molecular flexibility index (Phi) is 5.94. The molecule has 9 heteroatoms. The Bertz CT molecular complexity index is 1010. The number of halogens is 1. The maximum atomic E-state index is 13.4. The molecule has 1 aliphatic heterocycles. The molecule has 6 rings (SSSR count). The lowest BCUT2D eigenvalue weighted by molar-refractivity contribution is -0.152. The molecule has 0 atom stereocenters. The molecule has 1 aromatic carbocycles. The zero-order valence-corrected chi connectivity index (χ0v) is 21.8. The van der Waals surface area contributed by atoms with Gasteiger partial charge < -0.3 is 9.47 Å². The van der Waals surface area contributed by atoms with E-state index in [9.17, 15) is 9.59 Å². The lowest BCUT2D eigenvalue weighted by atomic mass is 9.49. The average molecular weight is 585 g/mol. The third-order valence-electron chi connectivity index (χ3n) is 7.28. The third kappa shape index (κ3) is 3.83. The number of carbonyl (C=O) groups excluding carboxylic acids is 2. The van der Waals surface area contributed by atoms with Crippen LogP contribution >= 0.6 is 46.6 Å². The summed E-state index contributed by atoms with van der Waals surface area (Å²) in [6.45, 7) is 0. The van der Waals surface area contributed by atoms with Gasteiger partial charge in [0.05, 0.1) is 28.1 Å². The number of thiocarbonyl (C=S) groups is 1. The van der Waals surface area contributed by atoms with Crippen LogP contribution in [-0.2, 0) is 9.59 Å². The van der Waals surface area contributed by atoms with Gasteiger partial charge in [-0.1, -0.05) is 11.8 Å². The van der Waals surface area contributed by atoms with Crippen molar-refractivity contribution in [1.29, 1.82) is 0 Å². The first kappa shape index (κ1) is 22.5. The fourth-order valence-electron chi connectivity index (χ4n) is 6.35. The van der Waals surface area contributed by atoms with E-state index in [1.165, 1.54) is 36.0 Å². The van der Waals surface area contributed by atoms with Crippen LogP contribution in [0.4, 0.5) is 0 Å². The van der Waals surface area contributed by atoms with Crippen LogP contribution in [0.25, 0.3) is 6.08 Å². The number of rotatable bonds is 5. The summed E-state index contributed by atoms with van der Waals surface area (Å²) in [5.74, 6) is 2.90. The number of nitrogens with zero attached hydrogens (tertiary/aromatic N) is 1. The molecule has 2 amide bonds. The van der Waals surface area contributed by atoms with E-state index in [0.29, 0.717) is 38.5 Å². The van der Waals surface area contributed by atoms with Crippen molar-refractivity contribution >= 4 is 68.8 Å². The molecule has 6 nitrogen and oxygen atoms in total. The molecule has 0 aromatic heterocycles. The van der Waals surface area contributed by atoms with Crippen LogP contribution in [0.1, 0.15) is 44.1 Å². The van der Waals surface area contributed by atoms with E-state index >= 15 is 0 Å². The summed E-state index contributed by atoms with van der Waals surface area (Å²) >= 11 is 8.83. The molecule has 0 spiro atoms. The van der Waals surface area contributed by atoms with Gasteiger partial charge in [0.2, 0.25) is 5.91 Å². The highest BCUT2D eigenvalue weighted by Gasteiger charge is 2.55. The Morgan fingerprint density at radius 3 is 2.38 bits per heavy atom. The van der Waals surface area contributed by atoms with Crippen LogP contribution in [0, 0.1) is 26.7 Å². The minimum atomic E-state index is -0.332. The van der Waals surface area contributed by atoms with Gasteiger partial charge in [-0.2, -0.15) is 5.01 Å². The van der Waals surface area contributed by atoms with E-state index in [0.717, 1.165) is 28.4 Å². The first-order valence-electron chi connectivity index (χ1n) is 10.8. The minimum Gasteiger partial charge on any atom is -0.493 e. The maximum absolute atomic E-state index is 13.4. The Morgan fingerprint density at radius 1 is 1.19 bits per heavy atom. The number of nitrogens with one attached hydrogen (secondary N) is 1. The molecule has 32 heavy (non-hydrogen) atoms. The summed E-state index contributed by atoms with van der Waals surface area (Å²) < 4.78 is 12.0. The molecule has 1 heterocycles. The minimum absolute atomic E-state index is 0.0326. The second-order valence-electron chi connectivity index (χ2n) is 9.39. The maximum Gasteiger partial charge on any atom is 0.285 e. The van der Waals surface area contributed by atoms with Crippen LogP contribution in [0.15, 0.2) is 17.0 Å². The summed E-state index contributed by atoms with van der Waals surface area (Å²) in [5, 5.41) is 1.26. The summed E-state index contributed by atoms with van der Waals surface area (Å²) in [6.07, 6.45) is 8.40. The molecular weight excluding hydrogens is 559 g/mol. The van der Waals surface area contributed by atoms with Crippen molar-refractivity contribution in [3.8, 4) is 11.5 Å². The van der Waals surface area contributed by atoms with Crippen LogP contribution in [0.2, 0.25) is 0 Å². The van der Waals surface area contributed by atoms with Crippen LogP contribution < -0.4 is 14.9 Å². The van der Waals surface area contributed by atoms with Gasteiger partial charge in [0, 0.05) is 0 Å². The molecule has 0 radical (unpaired) electrons. The first-order chi connectivity index (χ1) is 15.3. The summed E-state index contributed by atoms with van der Waals surface area (Å²) in [6, 6.07) is 3.74. The highest BCUT2D eigenvalue weighted by Crippen LogP contribution is 2.60. The molecular formula is C23H25IN2O4S2. The van der Waals surface area contributed by atoms with Crippen molar-refractivity contribution in [2.75, 3.05) is 14.2 Å². The van der Waals surface area contributed by atoms with Gasteiger partial charge in [0.25, 0.3) is 5.91 Å². The number of hydrogen-bond donors (Lipinski definition) is 1. The van der Waals surface area contributed by atoms with Crippen molar-refractivity contribution in [2.45, 2.75) is 38.5 Å². The van der Waals surface area contributed by atoms with Crippen molar-refractivity contribution < 1.29 is 19.1 Å². The summed E-state index contributed by atoms with van der Waals surface area (Å²) in [5.41, 5.74) is 3.37. The quantitative estimate of drug-likeness (QED) is 0.306. The normalized spacial score (nSPS) is 32.0. The van der Waals surface area contributed by atoms with Crippen LogP contribution in [0.3, 0.4) is 0 Å². The molecule has 0 unspecified atom stereocenters. The van der Waals surface area contributed by atoms with Gasteiger partial charge in [-0.25, -0.2) is 0 Å². The zero-order valence-electron chi connectivity index (χ0n) is 18.0. The summed E-state index contributed by atoms with van der Waals surface area (Å²) in [4.78, 5) is 27.0. The first-order valence-corrected chi connectivity index (χ1v) is 13.1. The number of thioether (sulfide) groups is 1. The predicted molar refractivity (Wildman–Crippen MR) is 136 cm³/mol. The van der Waals surface area contributed by atoms with Gasteiger partial charge in [-0.3, -0.25) is 15.0 Å². The Morgan fingerprint density at radius 2 is 1.81 bits per heavy atom. The molecule has 1 N–H and O–H groups in total. The Labute approximate surface area is 210 Å². The van der Waals surface area contributed by atoms with E-state index in [2.05, 4.69) is 28.0 Å². The lowest BCUT2D eigenvalue weighted by Crippen LogP contribution is -2.57. The number of methoxy groups -OCH3 is 2. The van der Waals surface area contributed by atoms with E-state index in [1.54, 1.807) is 20.3 Å². The second-order valence-corrected chi connectivity index (χ2v) is 12.2. The number of hydrazine groups is 1. The van der Waals surface area contributed by atoms with E-state index in [4.69, 9.17) is 21.7 Å². The third-order valence-corrected chi connectivity index (χ3v) is 9.38. The van der Waals surface area contributed by atoms with Gasteiger partial charge >= 0.3 is 0 Å². The number of ether oxygens (including phenoxy) is 2. The number of amides is 2. The molecule has 4 aliphatic carbocycles. The zero-order chi connectivity index (χ0) is 22.6. The molecule has 170 valence electrons. The van der Waals surface area contributed by atoms with E-state index in [1.807, 2.05) is 12.1 Å². The van der Waals surface area contributed by atoms with Crippen molar-refractivity contribution in [3.63, 3.8) is 0 Å². The monoisotopic (exact) mass is 584 g/mol. The highest BCUT2D eigenvalue weighted by molar-refractivity contribution is 14.1. The molecule has 4 saturated carbocycles. The molecule has 5 aliphatic rings. The Hall–Kier alpha value is -1.33. The van der Waals surface area contributed by atoms with Crippen molar-refractivity contribution in [2.24, 2.45) is 23.2 Å². The molecule has 1 saturated heterocycles. The average Bonchev–Trinajstić information content (AvgIpc) is 2.99. The van der Waals surface area contributed by atoms with Gasteiger partial charge in [0.15, 0.2) is 15.8 Å². The molecule has 5 fully saturated rings. The van der Waals surface area contributed by atoms with Gasteiger partial charge in [-0.05, 0) is 115 Å². The number of benzene rings is 1. The van der Waals surface area contributed by atoms with E-state index in [-0.39, 0.29) is 17.2 Å². The van der Waals surface area contributed by atoms with Crippen LogP contribution in [-0.4, -0.2) is 35.4 Å². The topological polar surface area (TPSA) is 67.9 Å². The predicted octanol–water partition coefficient (Wildman–Crippen LogP) is 4.76. The fourth-order valence-corrected chi connectivity index (χ4v) is 8.37. The number of carbonyl (C=O) groups is 2. The van der Waals surface area contributed by atoms with Crippen molar-refractivity contribution in [1.82, 2.24) is 10.4 Å². The fraction of sp³-hybridized carbons (Fsp3) is 0.522. The lowest BCUT2D eigenvalue weighted by Gasteiger charge is -2.55. The molecule has 1 aromatic rings. The second kappa shape index (κ2) is 8.47. The van der Waals surface area contributed by atoms with Crippen molar-refractivity contribution in [3.05, 3.63) is 26.2 Å². The Balaban J connectivity index is 1.35. The highest BCUT2D eigenvalue weighted by atomic mass is 127. The number of hydrogen-bond acceptors (Lipinski definition) is 6. The summed E-state index contributed by atoms with van der Waals surface area (Å²) in [7, 11) is 3.18. The van der Waals surface area contributed by atoms with Gasteiger partial charge in [-0.15, -0.1) is 0 Å². The smallest absolute Gasteiger partial charge is 0.285 e. The van der Waals surface area contributed by atoms with E-state index < -0.39 is 0 Å². The standard InChI is InChI=1S/C23H25IN2O4S2/c1-29-17-7-12(6-16(24)19(17)30-2)8-18-20(27)26(22(31)32-18)25-21(28)23-9-13-3-14(10-23)5-15(4-13)11-23/h6-8,13-15H,3-5,9-11H2,1-2H3,(H,25,28)/b18-8+. The largest absolute Gasteiger partial charge is 0.493 e. The SMILES string of the molecule is COc1cc(/C=C2/SC(=S)N(NC(=O)C34CC5CC(CC(C5)C3)C4)C2=O)cc(I)c1OC.